The van der Waals surface area contributed by atoms with Gasteiger partial charge in [0.1, 0.15) is 13.2 Å². The summed E-state index contributed by atoms with van der Waals surface area (Å²) in [5, 5.41) is 0. The van der Waals surface area contributed by atoms with Crippen molar-refractivity contribution in [1.82, 2.24) is 4.90 Å². The number of fused-ring (bicyclic) bond motifs is 2. The second kappa shape index (κ2) is 4.66. The SMILES string of the molecule is O=C1OC[C@H]2CN(Cc3ccc4c(c3)OCCO4)C[C@@H]12. The van der Waals surface area contributed by atoms with E-state index in [-0.39, 0.29) is 11.9 Å². The number of hydrogen-bond acceptors (Lipinski definition) is 5. The van der Waals surface area contributed by atoms with Gasteiger partial charge in [-0.15, -0.1) is 0 Å². The van der Waals surface area contributed by atoms with Gasteiger partial charge in [0, 0.05) is 25.6 Å². The van der Waals surface area contributed by atoms with E-state index in [2.05, 4.69) is 11.0 Å². The highest BCUT2D eigenvalue weighted by Gasteiger charge is 2.43. The Bertz CT molecular complexity index is 545. The van der Waals surface area contributed by atoms with Gasteiger partial charge in [-0.1, -0.05) is 6.07 Å². The Kier molecular flexibility index (Phi) is 2.80. The van der Waals surface area contributed by atoms with Gasteiger partial charge in [0.2, 0.25) is 0 Å². The van der Waals surface area contributed by atoms with E-state index in [4.69, 9.17) is 14.2 Å². The largest absolute Gasteiger partial charge is 0.486 e. The van der Waals surface area contributed by atoms with Crippen LogP contribution in [0.25, 0.3) is 0 Å². The summed E-state index contributed by atoms with van der Waals surface area (Å²) in [6.07, 6.45) is 0. The van der Waals surface area contributed by atoms with E-state index in [0.717, 1.165) is 31.1 Å². The standard InChI is InChI=1S/C15H17NO4/c17-15-12-8-16(7-11(12)9-20-15)6-10-1-2-13-14(5-10)19-4-3-18-13/h1-2,5,11-12H,3-4,6-9H2/t11-,12-/m1/s1. The molecule has 106 valence electrons. The first kappa shape index (κ1) is 12.0. The normalized spacial score (nSPS) is 28.3. The number of hydrogen-bond donors (Lipinski definition) is 0. The van der Waals surface area contributed by atoms with E-state index < -0.39 is 0 Å². The van der Waals surface area contributed by atoms with Crippen LogP contribution in [-0.2, 0) is 16.1 Å². The molecule has 0 N–H and O–H groups in total. The zero-order valence-electron chi connectivity index (χ0n) is 11.2. The predicted molar refractivity (Wildman–Crippen MR) is 70.6 cm³/mol. The molecule has 2 saturated heterocycles. The molecule has 1 aromatic carbocycles. The minimum absolute atomic E-state index is 0.0281. The summed E-state index contributed by atoms with van der Waals surface area (Å²) in [5.74, 6) is 2.07. The lowest BCUT2D eigenvalue weighted by Crippen LogP contribution is -2.23. The van der Waals surface area contributed by atoms with Gasteiger partial charge in [0.15, 0.2) is 11.5 Å². The molecule has 3 aliphatic heterocycles. The van der Waals surface area contributed by atoms with Crippen LogP contribution in [0.4, 0.5) is 0 Å². The van der Waals surface area contributed by atoms with Crippen LogP contribution in [0.15, 0.2) is 18.2 Å². The predicted octanol–water partition coefficient (Wildman–Crippen LogP) is 1.06. The molecule has 0 spiro atoms. The van der Waals surface area contributed by atoms with Crippen molar-refractivity contribution < 1.29 is 19.0 Å². The highest BCUT2D eigenvalue weighted by molar-refractivity contribution is 5.75. The molecule has 4 rings (SSSR count). The first-order valence-electron chi connectivity index (χ1n) is 7.07. The Morgan fingerprint density at radius 2 is 1.95 bits per heavy atom. The molecule has 0 bridgehead atoms. The topological polar surface area (TPSA) is 48.0 Å². The van der Waals surface area contributed by atoms with Gasteiger partial charge in [0.25, 0.3) is 0 Å². The summed E-state index contributed by atoms with van der Waals surface area (Å²) in [7, 11) is 0. The molecule has 0 amide bonds. The van der Waals surface area contributed by atoms with Gasteiger partial charge in [0.05, 0.1) is 12.5 Å². The van der Waals surface area contributed by atoms with E-state index >= 15 is 0 Å². The number of esters is 1. The van der Waals surface area contributed by atoms with Crippen LogP contribution in [0.5, 0.6) is 11.5 Å². The number of ether oxygens (including phenoxy) is 3. The second-order valence-electron chi connectivity index (χ2n) is 5.67. The molecule has 0 aromatic heterocycles. The van der Waals surface area contributed by atoms with Crippen LogP contribution in [0.1, 0.15) is 5.56 Å². The molecule has 0 unspecified atom stereocenters. The van der Waals surface area contributed by atoms with Crippen molar-refractivity contribution >= 4 is 5.97 Å². The third-order valence-electron chi connectivity index (χ3n) is 4.27. The Morgan fingerprint density at radius 1 is 1.10 bits per heavy atom. The first-order chi connectivity index (χ1) is 9.79. The first-order valence-corrected chi connectivity index (χ1v) is 7.07. The molecule has 2 fully saturated rings. The molecule has 20 heavy (non-hydrogen) atoms. The maximum Gasteiger partial charge on any atom is 0.310 e. The van der Waals surface area contributed by atoms with Gasteiger partial charge in [-0.2, -0.15) is 0 Å². The molecule has 3 heterocycles. The Labute approximate surface area is 117 Å². The van der Waals surface area contributed by atoms with Gasteiger partial charge in [-0.05, 0) is 17.7 Å². The lowest BCUT2D eigenvalue weighted by atomic mass is 10.0. The average molecular weight is 275 g/mol. The fourth-order valence-corrected chi connectivity index (χ4v) is 3.27. The lowest BCUT2D eigenvalue weighted by molar-refractivity contribution is -0.141. The maximum atomic E-state index is 11.6. The monoisotopic (exact) mass is 275 g/mol. The Morgan fingerprint density at radius 3 is 2.80 bits per heavy atom. The van der Waals surface area contributed by atoms with Crippen LogP contribution in [-0.4, -0.2) is 43.8 Å². The summed E-state index contributed by atoms with van der Waals surface area (Å²) in [5.41, 5.74) is 1.20. The fraction of sp³-hybridized carbons (Fsp3) is 0.533. The molecule has 2 atom stereocenters. The number of cyclic esters (lactones) is 1. The van der Waals surface area contributed by atoms with E-state index in [9.17, 15) is 4.79 Å². The maximum absolute atomic E-state index is 11.6. The molecular formula is C15H17NO4. The van der Waals surface area contributed by atoms with Crippen LogP contribution in [0, 0.1) is 11.8 Å². The van der Waals surface area contributed by atoms with E-state index in [0.29, 0.717) is 25.7 Å². The van der Waals surface area contributed by atoms with Crippen LogP contribution in [0.2, 0.25) is 0 Å². The van der Waals surface area contributed by atoms with Gasteiger partial charge in [-0.25, -0.2) is 0 Å². The third-order valence-corrected chi connectivity index (χ3v) is 4.27. The van der Waals surface area contributed by atoms with Crippen molar-refractivity contribution in [3.05, 3.63) is 23.8 Å². The number of carbonyl (C=O) groups is 1. The Balaban J connectivity index is 1.46. The summed E-state index contributed by atoms with van der Waals surface area (Å²) >= 11 is 0. The highest BCUT2D eigenvalue weighted by atomic mass is 16.6. The number of rotatable bonds is 2. The average Bonchev–Trinajstić information content (AvgIpc) is 3.01. The number of benzene rings is 1. The van der Waals surface area contributed by atoms with E-state index in [1.54, 1.807) is 0 Å². The minimum atomic E-state index is -0.0281. The third kappa shape index (κ3) is 2.02. The second-order valence-corrected chi connectivity index (χ2v) is 5.67. The summed E-state index contributed by atoms with van der Waals surface area (Å²) in [6, 6.07) is 6.08. The zero-order valence-corrected chi connectivity index (χ0v) is 11.2. The van der Waals surface area contributed by atoms with Crippen molar-refractivity contribution in [2.45, 2.75) is 6.54 Å². The van der Waals surface area contributed by atoms with E-state index in [1.165, 1.54) is 5.56 Å². The van der Waals surface area contributed by atoms with Crippen molar-refractivity contribution in [1.29, 1.82) is 0 Å². The van der Waals surface area contributed by atoms with Crippen LogP contribution >= 0.6 is 0 Å². The van der Waals surface area contributed by atoms with Crippen LogP contribution in [0.3, 0.4) is 0 Å². The molecule has 0 aliphatic carbocycles. The summed E-state index contributed by atoms with van der Waals surface area (Å²) in [6.45, 7) is 4.39. The molecule has 3 aliphatic rings. The smallest absolute Gasteiger partial charge is 0.310 e. The fourth-order valence-electron chi connectivity index (χ4n) is 3.27. The molecular weight excluding hydrogens is 258 g/mol. The quantitative estimate of drug-likeness (QED) is 0.755. The molecule has 5 nitrogen and oxygen atoms in total. The molecule has 5 heteroatoms. The highest BCUT2D eigenvalue weighted by Crippen LogP contribution is 2.34. The van der Waals surface area contributed by atoms with E-state index in [1.807, 2.05) is 12.1 Å². The van der Waals surface area contributed by atoms with Gasteiger partial charge in [-0.3, -0.25) is 9.69 Å². The number of carbonyl (C=O) groups excluding carboxylic acids is 1. The summed E-state index contributed by atoms with van der Waals surface area (Å²) in [4.78, 5) is 13.9. The molecule has 0 radical (unpaired) electrons. The number of nitrogens with zero attached hydrogens (tertiary/aromatic N) is 1. The minimum Gasteiger partial charge on any atom is -0.486 e. The van der Waals surface area contributed by atoms with Crippen LogP contribution < -0.4 is 9.47 Å². The van der Waals surface area contributed by atoms with Crippen molar-refractivity contribution in [2.24, 2.45) is 11.8 Å². The lowest BCUT2D eigenvalue weighted by Gasteiger charge is -2.21. The molecule has 0 saturated carbocycles. The Hall–Kier alpha value is -1.75. The summed E-state index contributed by atoms with van der Waals surface area (Å²) < 4.78 is 16.2. The van der Waals surface area contributed by atoms with Gasteiger partial charge >= 0.3 is 5.97 Å². The van der Waals surface area contributed by atoms with Crippen molar-refractivity contribution in [3.63, 3.8) is 0 Å². The van der Waals surface area contributed by atoms with Crippen molar-refractivity contribution in [3.8, 4) is 11.5 Å². The van der Waals surface area contributed by atoms with Crippen molar-refractivity contribution in [2.75, 3.05) is 32.9 Å². The number of likely N-dealkylation sites (tertiary alicyclic amines) is 1. The van der Waals surface area contributed by atoms with Gasteiger partial charge < -0.3 is 14.2 Å². The molecule has 1 aromatic rings. The zero-order chi connectivity index (χ0) is 13.5.